The van der Waals surface area contributed by atoms with Gasteiger partial charge in [-0.2, -0.15) is 0 Å². The second-order valence-electron chi connectivity index (χ2n) is 5.36. The van der Waals surface area contributed by atoms with Gasteiger partial charge in [0.1, 0.15) is 0 Å². The summed E-state index contributed by atoms with van der Waals surface area (Å²) in [5.74, 6) is 0.556. The van der Waals surface area contributed by atoms with Crippen molar-refractivity contribution in [2.45, 2.75) is 38.6 Å². The molecule has 1 aromatic carbocycles. The van der Waals surface area contributed by atoms with Gasteiger partial charge >= 0.3 is 0 Å². The van der Waals surface area contributed by atoms with Gasteiger partial charge in [0, 0.05) is 11.3 Å². The Bertz CT molecular complexity index is 398. The predicted molar refractivity (Wildman–Crippen MR) is 74.6 cm³/mol. The van der Waals surface area contributed by atoms with E-state index in [0.29, 0.717) is 5.88 Å². The van der Waals surface area contributed by atoms with Crippen LogP contribution in [0.4, 0.5) is 0 Å². The van der Waals surface area contributed by atoms with Crippen LogP contribution in [0.25, 0.3) is 0 Å². The van der Waals surface area contributed by atoms with E-state index < -0.39 is 0 Å². The minimum absolute atomic E-state index is 0.0854. The van der Waals surface area contributed by atoms with Gasteiger partial charge in [0.2, 0.25) is 5.91 Å². The summed E-state index contributed by atoms with van der Waals surface area (Å²) in [5.41, 5.74) is 0.876. The Hall–Kier alpha value is -1.02. The van der Waals surface area contributed by atoms with Crippen LogP contribution in [0.5, 0.6) is 0 Å². The summed E-state index contributed by atoms with van der Waals surface area (Å²) in [4.78, 5) is 12.3. The third-order valence-electron chi connectivity index (χ3n) is 3.92. The van der Waals surface area contributed by atoms with E-state index in [2.05, 4.69) is 12.2 Å². The first-order chi connectivity index (χ1) is 8.65. The van der Waals surface area contributed by atoms with E-state index >= 15 is 0 Å². The van der Waals surface area contributed by atoms with Crippen molar-refractivity contribution < 1.29 is 4.79 Å². The number of nitrogens with one attached hydrogen (secondary N) is 1. The zero-order valence-corrected chi connectivity index (χ0v) is 11.5. The highest BCUT2D eigenvalue weighted by atomic mass is 35.5. The number of alkyl halides is 1. The average molecular weight is 266 g/mol. The molecule has 1 unspecified atom stereocenters. The van der Waals surface area contributed by atoms with Crippen LogP contribution >= 0.6 is 11.6 Å². The highest BCUT2D eigenvalue weighted by molar-refractivity contribution is 6.18. The van der Waals surface area contributed by atoms with Gasteiger partial charge in [-0.1, -0.05) is 50.1 Å². The Balaban J connectivity index is 2.05. The smallest absolute Gasteiger partial charge is 0.226 e. The molecule has 1 aliphatic carbocycles. The van der Waals surface area contributed by atoms with Crippen LogP contribution < -0.4 is 5.32 Å². The van der Waals surface area contributed by atoms with E-state index in [1.165, 1.54) is 0 Å². The molecular weight excluding hydrogens is 246 g/mol. The molecule has 1 fully saturated rings. The van der Waals surface area contributed by atoms with Crippen LogP contribution in [-0.4, -0.2) is 11.8 Å². The van der Waals surface area contributed by atoms with Crippen LogP contribution in [0.3, 0.4) is 0 Å². The van der Waals surface area contributed by atoms with Crippen LogP contribution in [0.15, 0.2) is 30.3 Å². The van der Waals surface area contributed by atoms with Gasteiger partial charge in [0.05, 0.1) is 6.04 Å². The first kappa shape index (κ1) is 13.4. The second kappa shape index (κ2) is 5.75. The average Bonchev–Trinajstić information content (AvgIpc) is 2.85. The summed E-state index contributed by atoms with van der Waals surface area (Å²) in [6.45, 7) is 2.06. The van der Waals surface area contributed by atoms with E-state index in [1.807, 2.05) is 30.3 Å². The molecule has 1 N–H and O–H groups in total. The first-order valence-corrected chi connectivity index (χ1v) is 7.11. The van der Waals surface area contributed by atoms with Crippen molar-refractivity contribution in [3.8, 4) is 0 Å². The number of carbonyl (C=O) groups is 1. The fourth-order valence-corrected chi connectivity index (χ4v) is 2.87. The minimum atomic E-state index is -0.195. The lowest BCUT2D eigenvalue weighted by atomic mass is 9.87. The monoisotopic (exact) mass is 265 g/mol. The zero-order valence-electron chi connectivity index (χ0n) is 10.8. The molecule has 1 amide bonds. The number of benzene rings is 1. The molecule has 1 aromatic rings. The van der Waals surface area contributed by atoms with Crippen molar-refractivity contribution in [3.05, 3.63) is 35.9 Å². The van der Waals surface area contributed by atoms with Gasteiger partial charge in [-0.25, -0.2) is 0 Å². The molecule has 0 bridgehead atoms. The number of amides is 1. The highest BCUT2D eigenvalue weighted by Crippen LogP contribution is 2.38. The summed E-state index contributed by atoms with van der Waals surface area (Å²) >= 11 is 5.98. The van der Waals surface area contributed by atoms with Crippen LogP contribution in [0.1, 0.15) is 44.2 Å². The molecule has 0 radical (unpaired) electrons. The Labute approximate surface area is 114 Å². The van der Waals surface area contributed by atoms with Gasteiger partial charge in [-0.05, 0) is 18.4 Å². The van der Waals surface area contributed by atoms with Crippen molar-refractivity contribution in [2.24, 2.45) is 5.41 Å². The molecule has 0 aromatic heterocycles. The van der Waals surface area contributed by atoms with Crippen LogP contribution in [0.2, 0.25) is 0 Å². The molecule has 18 heavy (non-hydrogen) atoms. The topological polar surface area (TPSA) is 29.1 Å². The van der Waals surface area contributed by atoms with Gasteiger partial charge in [0.15, 0.2) is 0 Å². The van der Waals surface area contributed by atoms with Crippen molar-refractivity contribution in [2.75, 3.05) is 5.88 Å². The van der Waals surface area contributed by atoms with Gasteiger partial charge in [-0.15, -0.1) is 11.6 Å². The zero-order chi connectivity index (χ0) is 13.0. The van der Waals surface area contributed by atoms with Gasteiger partial charge in [-0.3, -0.25) is 4.79 Å². The van der Waals surface area contributed by atoms with E-state index in [1.54, 1.807) is 0 Å². The summed E-state index contributed by atoms with van der Waals surface area (Å²) < 4.78 is 0. The lowest BCUT2D eigenvalue weighted by Gasteiger charge is -2.26. The highest BCUT2D eigenvalue weighted by Gasteiger charge is 2.37. The van der Waals surface area contributed by atoms with Crippen molar-refractivity contribution in [3.63, 3.8) is 0 Å². The van der Waals surface area contributed by atoms with E-state index in [9.17, 15) is 4.79 Å². The Morgan fingerprint density at radius 2 is 1.94 bits per heavy atom. The molecule has 1 saturated carbocycles. The molecule has 1 aliphatic rings. The molecule has 0 heterocycles. The molecule has 0 spiro atoms. The normalized spacial score (nSPS) is 19.4. The fraction of sp³-hybridized carbons (Fsp3) is 0.533. The molecule has 2 nitrogen and oxygen atoms in total. The molecule has 2 rings (SSSR count). The third kappa shape index (κ3) is 2.86. The number of rotatable bonds is 4. The lowest BCUT2D eigenvalue weighted by Crippen LogP contribution is -2.39. The maximum absolute atomic E-state index is 12.3. The number of hydrogen-bond acceptors (Lipinski definition) is 1. The largest absolute Gasteiger partial charge is 0.348 e. The van der Waals surface area contributed by atoms with Gasteiger partial charge in [0.25, 0.3) is 0 Å². The third-order valence-corrected chi connectivity index (χ3v) is 4.23. The van der Waals surface area contributed by atoms with Crippen molar-refractivity contribution in [1.82, 2.24) is 5.32 Å². The Morgan fingerprint density at radius 3 is 2.50 bits per heavy atom. The van der Waals surface area contributed by atoms with Crippen LogP contribution in [-0.2, 0) is 4.79 Å². The molecule has 0 saturated heterocycles. The maximum Gasteiger partial charge on any atom is 0.226 e. The quantitative estimate of drug-likeness (QED) is 0.827. The molecule has 1 atom stereocenters. The first-order valence-electron chi connectivity index (χ1n) is 6.57. The molecular formula is C15H20ClNO. The second-order valence-corrected chi connectivity index (χ2v) is 5.67. The van der Waals surface area contributed by atoms with Gasteiger partial charge < -0.3 is 5.32 Å². The fourth-order valence-electron chi connectivity index (χ4n) is 2.61. The number of hydrogen-bond donors (Lipinski definition) is 1. The minimum Gasteiger partial charge on any atom is -0.348 e. The molecule has 3 heteroatoms. The standard InChI is InChI=1S/C15H20ClNO/c1-15(9-5-6-10-15)14(18)17-13(11-16)12-7-3-2-4-8-12/h2-4,7-8,13H,5-6,9-11H2,1H3,(H,17,18). The summed E-state index contributed by atoms with van der Waals surface area (Å²) in [7, 11) is 0. The summed E-state index contributed by atoms with van der Waals surface area (Å²) in [6, 6.07) is 9.83. The predicted octanol–water partition coefficient (Wildman–Crippen LogP) is 3.66. The number of carbonyl (C=O) groups excluding carboxylic acids is 1. The molecule has 98 valence electrons. The number of halogens is 1. The van der Waals surface area contributed by atoms with Crippen LogP contribution in [0, 0.1) is 5.41 Å². The van der Waals surface area contributed by atoms with E-state index in [0.717, 1.165) is 31.2 Å². The van der Waals surface area contributed by atoms with E-state index in [-0.39, 0.29) is 17.4 Å². The van der Waals surface area contributed by atoms with Crippen molar-refractivity contribution in [1.29, 1.82) is 0 Å². The summed E-state index contributed by atoms with van der Waals surface area (Å²) in [5, 5.41) is 3.09. The Kier molecular flexibility index (Phi) is 4.28. The Morgan fingerprint density at radius 1 is 1.33 bits per heavy atom. The summed E-state index contributed by atoms with van der Waals surface area (Å²) in [6.07, 6.45) is 4.28. The lowest BCUT2D eigenvalue weighted by molar-refractivity contribution is -0.130. The maximum atomic E-state index is 12.3. The SMILES string of the molecule is CC1(C(=O)NC(CCl)c2ccccc2)CCCC1. The van der Waals surface area contributed by atoms with E-state index in [4.69, 9.17) is 11.6 Å². The van der Waals surface area contributed by atoms with Crippen molar-refractivity contribution >= 4 is 17.5 Å². The molecule has 0 aliphatic heterocycles.